The molecule has 0 unspecified atom stereocenters. The van der Waals surface area contributed by atoms with E-state index in [0.717, 1.165) is 24.9 Å². The van der Waals surface area contributed by atoms with Crippen LogP contribution in [0.3, 0.4) is 0 Å². The zero-order chi connectivity index (χ0) is 25.4. The van der Waals surface area contributed by atoms with Crippen LogP contribution < -0.4 is 10.6 Å². The molecule has 1 aromatic heterocycles. The number of carbonyl (C=O) groups excluding carboxylic acids is 2. The Kier molecular flexibility index (Phi) is 9.60. The minimum absolute atomic E-state index is 0.101. The van der Waals surface area contributed by atoms with Crippen molar-refractivity contribution < 1.29 is 9.59 Å². The summed E-state index contributed by atoms with van der Waals surface area (Å²) in [5.74, 6) is 1.22. The highest BCUT2D eigenvalue weighted by Crippen LogP contribution is 2.19. The lowest BCUT2D eigenvalue weighted by molar-refractivity contribution is 0.0687. The van der Waals surface area contributed by atoms with Crippen LogP contribution in [-0.2, 0) is 12.8 Å². The second-order valence-electron chi connectivity index (χ2n) is 10.3. The number of carbonyl (C=O) groups is 2. The number of hydrogen-bond donors (Lipinski definition) is 2. The number of hydrogen-bond acceptors (Lipinski definition) is 5. The number of nitrogens with zero attached hydrogens (tertiary/aromatic N) is 4. The Hall–Kier alpha value is -3.00. The molecule has 1 fully saturated rings. The molecule has 1 aliphatic heterocycles. The summed E-state index contributed by atoms with van der Waals surface area (Å²) >= 11 is 0. The molecule has 190 valence electrons. The summed E-state index contributed by atoms with van der Waals surface area (Å²) in [5.41, 5.74) is 2.34. The van der Waals surface area contributed by atoms with E-state index in [0.29, 0.717) is 55.4 Å². The summed E-state index contributed by atoms with van der Waals surface area (Å²) in [6.45, 7) is 11.3. The molecule has 3 amide bonds. The number of urea groups is 1. The highest BCUT2D eigenvalue weighted by atomic mass is 16.2. The Labute approximate surface area is 209 Å². The van der Waals surface area contributed by atoms with Gasteiger partial charge in [-0.1, -0.05) is 58.0 Å². The summed E-state index contributed by atoms with van der Waals surface area (Å²) in [6.07, 6.45) is 2.48. The van der Waals surface area contributed by atoms with E-state index in [1.165, 1.54) is 5.56 Å². The largest absolute Gasteiger partial charge is 0.334 e. The van der Waals surface area contributed by atoms with E-state index in [9.17, 15) is 9.59 Å². The lowest BCUT2D eigenvalue weighted by Gasteiger charge is -2.34. The van der Waals surface area contributed by atoms with Crippen molar-refractivity contribution in [3.8, 4) is 0 Å². The molecule has 1 saturated heterocycles. The lowest BCUT2D eigenvalue weighted by atomic mass is 10.0. The van der Waals surface area contributed by atoms with Gasteiger partial charge in [0.15, 0.2) is 11.5 Å². The predicted octanol–water partition coefficient (Wildman–Crippen LogP) is 3.84. The van der Waals surface area contributed by atoms with Crippen LogP contribution in [0.25, 0.3) is 0 Å². The molecule has 3 rings (SSSR count). The van der Waals surface area contributed by atoms with Crippen LogP contribution in [0.2, 0.25) is 0 Å². The minimum atomic E-state index is -0.238. The number of anilines is 1. The molecule has 1 aliphatic rings. The van der Waals surface area contributed by atoms with E-state index in [2.05, 4.69) is 60.7 Å². The first-order chi connectivity index (χ1) is 16.7. The van der Waals surface area contributed by atoms with E-state index in [-0.39, 0.29) is 11.9 Å². The molecule has 2 N–H and O–H groups in total. The molecule has 0 spiro atoms. The molecule has 0 radical (unpaired) electrons. The Bertz CT molecular complexity index is 979. The maximum absolute atomic E-state index is 13.2. The number of likely N-dealkylation sites (N-methyl/N-ethyl adjacent to an activating group) is 1. The van der Waals surface area contributed by atoms with Crippen LogP contribution in [0.5, 0.6) is 0 Å². The second kappa shape index (κ2) is 12.6. The standard InChI is InChI=1S/C27H40N6O2/c1-19(2)15-22-17-24(26(34)33-14-12-28-23(18-33)16-20(3)4)30-31-25(22)29-27(35)32(5)13-11-21-9-7-6-8-10-21/h6-10,17,19-20,23,28H,11-16,18H2,1-5H3,(H,29,31,35)/t23-/m0/s1. The van der Waals surface area contributed by atoms with E-state index in [1.807, 2.05) is 23.1 Å². The molecule has 2 aromatic rings. The van der Waals surface area contributed by atoms with Gasteiger partial charge in [0.05, 0.1) is 0 Å². The van der Waals surface area contributed by atoms with Crippen molar-refractivity contribution >= 4 is 17.8 Å². The van der Waals surface area contributed by atoms with Crippen molar-refractivity contribution in [3.05, 3.63) is 53.2 Å². The van der Waals surface area contributed by atoms with Gasteiger partial charge in [-0.3, -0.25) is 10.1 Å². The molecule has 1 atom stereocenters. The van der Waals surface area contributed by atoms with Crippen molar-refractivity contribution in [1.82, 2.24) is 25.3 Å². The average molecular weight is 481 g/mol. The summed E-state index contributed by atoms with van der Waals surface area (Å²) in [6, 6.07) is 11.9. The van der Waals surface area contributed by atoms with Gasteiger partial charge in [-0.2, -0.15) is 0 Å². The van der Waals surface area contributed by atoms with Gasteiger partial charge in [0.1, 0.15) is 0 Å². The average Bonchev–Trinajstić information content (AvgIpc) is 2.83. The van der Waals surface area contributed by atoms with Gasteiger partial charge in [0.25, 0.3) is 5.91 Å². The number of piperazine rings is 1. The van der Waals surface area contributed by atoms with Crippen molar-refractivity contribution in [3.63, 3.8) is 0 Å². The third kappa shape index (κ3) is 8.02. The van der Waals surface area contributed by atoms with Gasteiger partial charge in [-0.15, -0.1) is 10.2 Å². The molecule has 2 heterocycles. The predicted molar refractivity (Wildman–Crippen MR) is 140 cm³/mol. The summed E-state index contributed by atoms with van der Waals surface area (Å²) in [5, 5.41) is 14.9. The summed E-state index contributed by atoms with van der Waals surface area (Å²) in [7, 11) is 1.77. The van der Waals surface area contributed by atoms with Gasteiger partial charge in [0.2, 0.25) is 0 Å². The minimum Gasteiger partial charge on any atom is -0.334 e. The maximum atomic E-state index is 13.2. The molecule has 0 saturated carbocycles. The molecule has 8 heteroatoms. The zero-order valence-corrected chi connectivity index (χ0v) is 21.8. The highest BCUT2D eigenvalue weighted by molar-refractivity contribution is 5.93. The van der Waals surface area contributed by atoms with E-state index in [4.69, 9.17) is 0 Å². The van der Waals surface area contributed by atoms with E-state index < -0.39 is 0 Å². The SMILES string of the molecule is CC(C)Cc1cc(C(=O)N2CCN[C@@H](CC(C)C)C2)nnc1NC(=O)N(C)CCc1ccccc1. The molecular weight excluding hydrogens is 440 g/mol. The third-order valence-electron chi connectivity index (χ3n) is 6.17. The Morgan fingerprint density at radius 1 is 1.14 bits per heavy atom. The van der Waals surface area contributed by atoms with Crippen LogP contribution >= 0.6 is 0 Å². The first-order valence-electron chi connectivity index (χ1n) is 12.7. The van der Waals surface area contributed by atoms with Gasteiger partial charge in [-0.05, 0) is 48.3 Å². The number of amides is 3. The molecule has 1 aromatic carbocycles. The van der Waals surface area contributed by atoms with Gasteiger partial charge in [0, 0.05) is 39.3 Å². The van der Waals surface area contributed by atoms with Crippen molar-refractivity contribution in [1.29, 1.82) is 0 Å². The first-order valence-corrected chi connectivity index (χ1v) is 12.7. The fraction of sp³-hybridized carbons (Fsp3) is 0.556. The van der Waals surface area contributed by atoms with E-state index in [1.54, 1.807) is 18.0 Å². The van der Waals surface area contributed by atoms with Crippen LogP contribution in [-0.4, -0.2) is 71.2 Å². The van der Waals surface area contributed by atoms with Gasteiger partial charge >= 0.3 is 6.03 Å². The fourth-order valence-corrected chi connectivity index (χ4v) is 4.37. The summed E-state index contributed by atoms with van der Waals surface area (Å²) in [4.78, 5) is 29.6. The van der Waals surface area contributed by atoms with Crippen molar-refractivity contribution in [2.75, 3.05) is 38.5 Å². The van der Waals surface area contributed by atoms with Crippen LogP contribution in [0.15, 0.2) is 36.4 Å². The number of nitrogens with one attached hydrogen (secondary N) is 2. The quantitative estimate of drug-likeness (QED) is 0.569. The first kappa shape index (κ1) is 26.6. The van der Waals surface area contributed by atoms with Gasteiger partial charge in [-0.25, -0.2) is 4.79 Å². The Morgan fingerprint density at radius 2 is 1.89 bits per heavy atom. The second-order valence-corrected chi connectivity index (χ2v) is 10.3. The monoisotopic (exact) mass is 480 g/mol. The third-order valence-corrected chi connectivity index (χ3v) is 6.17. The van der Waals surface area contributed by atoms with E-state index >= 15 is 0 Å². The normalized spacial score (nSPS) is 16.0. The maximum Gasteiger partial charge on any atom is 0.322 e. The molecular formula is C27H40N6O2. The van der Waals surface area contributed by atoms with Crippen LogP contribution in [0.1, 0.15) is 55.7 Å². The zero-order valence-electron chi connectivity index (χ0n) is 21.8. The number of rotatable bonds is 9. The molecule has 35 heavy (non-hydrogen) atoms. The molecule has 8 nitrogen and oxygen atoms in total. The number of aromatic nitrogens is 2. The van der Waals surface area contributed by atoms with Crippen LogP contribution in [0, 0.1) is 11.8 Å². The lowest BCUT2D eigenvalue weighted by Crippen LogP contribution is -2.53. The smallest absolute Gasteiger partial charge is 0.322 e. The fourth-order valence-electron chi connectivity index (χ4n) is 4.37. The topological polar surface area (TPSA) is 90.5 Å². The van der Waals surface area contributed by atoms with Gasteiger partial charge < -0.3 is 15.1 Å². The Balaban J connectivity index is 1.68. The highest BCUT2D eigenvalue weighted by Gasteiger charge is 2.26. The van der Waals surface area contributed by atoms with Crippen molar-refractivity contribution in [2.24, 2.45) is 11.8 Å². The van der Waals surface area contributed by atoms with Crippen LogP contribution in [0.4, 0.5) is 10.6 Å². The summed E-state index contributed by atoms with van der Waals surface area (Å²) < 4.78 is 0. The molecule has 0 aliphatic carbocycles. The van der Waals surface area contributed by atoms with Crippen molar-refractivity contribution in [2.45, 2.75) is 53.0 Å². The molecule has 0 bridgehead atoms. The Morgan fingerprint density at radius 3 is 2.57 bits per heavy atom. The number of benzene rings is 1.